The highest BCUT2D eigenvalue weighted by molar-refractivity contribution is 7.34. The topological polar surface area (TPSA) is 0 Å². The van der Waals surface area contributed by atoms with Gasteiger partial charge in [-0.3, -0.25) is 0 Å². The number of unbranched alkanes of at least 4 members (excludes halogenated alkanes) is 2. The van der Waals surface area contributed by atoms with Crippen LogP contribution in [-0.2, 0) is 0 Å². The summed E-state index contributed by atoms with van der Waals surface area (Å²) < 4.78 is 0. The van der Waals surface area contributed by atoms with E-state index in [2.05, 4.69) is 6.92 Å². The van der Waals surface area contributed by atoms with Crippen LogP contribution in [0.5, 0.6) is 0 Å². The van der Waals surface area contributed by atoms with Gasteiger partial charge in [0, 0.05) is 5.88 Å². The molecule has 0 bridgehead atoms. The summed E-state index contributed by atoms with van der Waals surface area (Å²) >= 11 is 17.7. The van der Waals surface area contributed by atoms with Crippen molar-refractivity contribution in [1.82, 2.24) is 0 Å². The van der Waals surface area contributed by atoms with Crippen molar-refractivity contribution in [2.24, 2.45) is 0 Å². The van der Waals surface area contributed by atoms with Gasteiger partial charge in [0.1, 0.15) is 0 Å². The quantitative estimate of drug-likeness (QED) is 0.258. The molecule has 0 heterocycles. The minimum Gasteiger partial charge on any atom is -0.150 e. The fourth-order valence-corrected chi connectivity index (χ4v) is 4.03. The highest BCUT2D eigenvalue weighted by Crippen LogP contribution is 2.28. The maximum atomic E-state index is 6.02. The predicted octanol–water partition coefficient (Wildman–Crippen LogP) is 4.65. The zero-order chi connectivity index (χ0) is 10.1. The zero-order valence-electron chi connectivity index (χ0n) is 8.24. The summed E-state index contributed by atoms with van der Waals surface area (Å²) in [5, 5.41) is 0. The van der Waals surface area contributed by atoms with Crippen molar-refractivity contribution in [3.63, 3.8) is 0 Å². The Kier molecular flexibility index (Phi) is 10.4. The van der Waals surface area contributed by atoms with Crippen LogP contribution in [-0.4, -0.2) is 13.3 Å². The summed E-state index contributed by atoms with van der Waals surface area (Å²) in [5.41, 5.74) is 0.577. The van der Waals surface area contributed by atoms with Gasteiger partial charge in [-0.15, -0.1) is 11.6 Å². The van der Waals surface area contributed by atoms with E-state index in [1.54, 1.807) is 0 Å². The SMILES string of the molecule is CCCCCC(CCCCl)[SiH](Cl)Cl. The molecule has 1 atom stereocenters. The third-order valence-electron chi connectivity index (χ3n) is 2.24. The van der Waals surface area contributed by atoms with Crippen LogP contribution in [0.1, 0.15) is 45.4 Å². The molecule has 0 nitrogen and oxygen atoms in total. The first-order valence-corrected chi connectivity index (χ1v) is 9.75. The van der Waals surface area contributed by atoms with Crippen molar-refractivity contribution in [1.29, 1.82) is 0 Å². The van der Waals surface area contributed by atoms with Crippen LogP contribution in [0.15, 0.2) is 0 Å². The van der Waals surface area contributed by atoms with Crippen molar-refractivity contribution < 1.29 is 0 Å². The lowest BCUT2D eigenvalue weighted by Gasteiger charge is -2.15. The molecule has 0 aromatic heterocycles. The average Bonchev–Trinajstić information content (AvgIpc) is 2.10. The molecule has 0 saturated heterocycles. The maximum Gasteiger partial charge on any atom is 0.240 e. The molecule has 0 saturated carbocycles. The summed E-state index contributed by atoms with van der Waals surface area (Å²) in [6.07, 6.45) is 7.21. The van der Waals surface area contributed by atoms with E-state index < -0.39 is 7.42 Å². The van der Waals surface area contributed by atoms with E-state index in [-0.39, 0.29) is 0 Å². The van der Waals surface area contributed by atoms with Crippen molar-refractivity contribution >= 4 is 41.2 Å². The summed E-state index contributed by atoms with van der Waals surface area (Å²) in [4.78, 5) is 0. The summed E-state index contributed by atoms with van der Waals surface area (Å²) in [6, 6.07) is 0. The van der Waals surface area contributed by atoms with Gasteiger partial charge in [0.05, 0.1) is 0 Å². The molecule has 0 aliphatic rings. The lowest BCUT2D eigenvalue weighted by molar-refractivity contribution is 0.599. The van der Waals surface area contributed by atoms with Gasteiger partial charge in [0.2, 0.25) is 7.42 Å². The van der Waals surface area contributed by atoms with Crippen LogP contribution in [0.25, 0.3) is 0 Å². The highest BCUT2D eigenvalue weighted by atomic mass is 35.7. The van der Waals surface area contributed by atoms with Crippen molar-refractivity contribution in [3.8, 4) is 0 Å². The Bertz CT molecular complexity index is 109. The molecule has 0 spiro atoms. The van der Waals surface area contributed by atoms with Crippen LogP contribution in [0.4, 0.5) is 0 Å². The molecule has 1 unspecified atom stereocenters. The predicted molar refractivity (Wildman–Crippen MR) is 66.7 cm³/mol. The van der Waals surface area contributed by atoms with Gasteiger partial charge in [0.15, 0.2) is 0 Å². The average molecular weight is 262 g/mol. The van der Waals surface area contributed by atoms with E-state index in [4.69, 9.17) is 33.8 Å². The Morgan fingerprint density at radius 3 is 2.15 bits per heavy atom. The first-order valence-electron chi connectivity index (χ1n) is 5.06. The van der Waals surface area contributed by atoms with E-state index in [0.717, 1.165) is 18.7 Å². The molecule has 0 aliphatic heterocycles. The third kappa shape index (κ3) is 8.11. The molecule has 0 aromatic rings. The number of rotatable bonds is 8. The second kappa shape index (κ2) is 9.63. The van der Waals surface area contributed by atoms with Gasteiger partial charge >= 0.3 is 0 Å². The summed E-state index contributed by atoms with van der Waals surface area (Å²) in [5.74, 6) is 0.735. The van der Waals surface area contributed by atoms with Crippen LogP contribution in [0, 0.1) is 0 Å². The van der Waals surface area contributed by atoms with Gasteiger partial charge in [-0.2, -0.15) is 22.2 Å². The molecule has 0 aliphatic carbocycles. The smallest absolute Gasteiger partial charge is 0.150 e. The molecule has 0 N–H and O–H groups in total. The molecule has 0 aromatic carbocycles. The summed E-state index contributed by atoms with van der Waals surface area (Å²) in [6.45, 7) is 2.21. The highest BCUT2D eigenvalue weighted by Gasteiger charge is 2.17. The van der Waals surface area contributed by atoms with Gasteiger partial charge < -0.3 is 0 Å². The van der Waals surface area contributed by atoms with Crippen LogP contribution in [0.3, 0.4) is 0 Å². The van der Waals surface area contributed by atoms with Crippen molar-refractivity contribution in [2.75, 3.05) is 5.88 Å². The molecule has 4 heteroatoms. The molecule has 0 rings (SSSR count). The van der Waals surface area contributed by atoms with E-state index in [0.29, 0.717) is 5.54 Å². The minimum atomic E-state index is -1.47. The van der Waals surface area contributed by atoms with Crippen LogP contribution < -0.4 is 0 Å². The fourth-order valence-electron chi connectivity index (χ4n) is 1.39. The maximum absolute atomic E-state index is 6.02. The van der Waals surface area contributed by atoms with Gasteiger partial charge in [-0.05, 0) is 18.4 Å². The lowest BCUT2D eigenvalue weighted by atomic mass is 10.1. The largest absolute Gasteiger partial charge is 0.240 e. The Hall–Kier alpha value is 1.09. The molecule has 80 valence electrons. The first-order chi connectivity index (χ1) is 6.22. The number of alkyl halides is 1. The Morgan fingerprint density at radius 1 is 1.08 bits per heavy atom. The van der Waals surface area contributed by atoms with Gasteiger partial charge in [-0.25, -0.2) is 0 Å². The van der Waals surface area contributed by atoms with E-state index in [1.165, 1.54) is 25.7 Å². The summed E-state index contributed by atoms with van der Waals surface area (Å²) in [7, 11) is -1.47. The Balaban J connectivity index is 3.54. The second-order valence-corrected chi connectivity index (χ2v) is 8.90. The molecular formula is C9H19Cl3Si. The lowest BCUT2D eigenvalue weighted by Crippen LogP contribution is -2.07. The monoisotopic (exact) mass is 260 g/mol. The second-order valence-electron chi connectivity index (χ2n) is 3.42. The number of hydrogen-bond donors (Lipinski definition) is 0. The Labute approximate surface area is 98.0 Å². The molecule has 0 radical (unpaired) electrons. The number of hydrogen-bond acceptors (Lipinski definition) is 0. The molecule has 0 amide bonds. The number of halogens is 3. The minimum absolute atomic E-state index is 0.577. The molecule has 13 heavy (non-hydrogen) atoms. The zero-order valence-corrected chi connectivity index (χ0v) is 11.7. The Morgan fingerprint density at radius 2 is 1.69 bits per heavy atom. The molecular weight excluding hydrogens is 243 g/mol. The first kappa shape index (κ1) is 14.1. The van der Waals surface area contributed by atoms with E-state index in [9.17, 15) is 0 Å². The van der Waals surface area contributed by atoms with E-state index >= 15 is 0 Å². The van der Waals surface area contributed by atoms with Crippen molar-refractivity contribution in [2.45, 2.75) is 51.0 Å². The van der Waals surface area contributed by atoms with Gasteiger partial charge in [-0.1, -0.05) is 32.6 Å². The van der Waals surface area contributed by atoms with E-state index in [1.807, 2.05) is 0 Å². The normalized spacial score (nSPS) is 13.6. The standard InChI is InChI=1S/C9H19Cl3Si/c1-2-3-4-6-9(13(11)12)7-5-8-10/h9,13H,2-8H2,1H3. The van der Waals surface area contributed by atoms with Crippen LogP contribution in [0.2, 0.25) is 5.54 Å². The van der Waals surface area contributed by atoms with Crippen molar-refractivity contribution in [3.05, 3.63) is 0 Å². The van der Waals surface area contributed by atoms with Crippen LogP contribution >= 0.6 is 33.8 Å². The third-order valence-corrected chi connectivity index (χ3v) is 6.03. The molecule has 0 fully saturated rings. The fraction of sp³-hybridized carbons (Fsp3) is 1.00. The van der Waals surface area contributed by atoms with Gasteiger partial charge in [0.25, 0.3) is 0 Å².